The van der Waals surface area contributed by atoms with Gasteiger partial charge in [0.15, 0.2) is 5.76 Å². The van der Waals surface area contributed by atoms with E-state index >= 15 is 0 Å². The summed E-state index contributed by atoms with van der Waals surface area (Å²) in [6.07, 6.45) is 1.03. The second-order valence-corrected chi connectivity index (χ2v) is 4.63. The van der Waals surface area contributed by atoms with Crippen molar-refractivity contribution < 1.29 is 13.9 Å². The molecule has 1 aromatic heterocycles. The normalized spacial score (nSPS) is 19.4. The molecule has 0 radical (unpaired) electrons. The van der Waals surface area contributed by atoms with Gasteiger partial charge in [0.1, 0.15) is 5.76 Å². The zero-order valence-electron chi connectivity index (χ0n) is 10.7. The molecule has 100 valence electrons. The van der Waals surface area contributed by atoms with Gasteiger partial charge in [-0.1, -0.05) is 0 Å². The average molecular weight is 253 g/mol. The molecule has 1 amide bonds. The van der Waals surface area contributed by atoms with Crippen LogP contribution in [0.3, 0.4) is 0 Å². The van der Waals surface area contributed by atoms with Gasteiger partial charge in [-0.05, 0) is 26.5 Å². The van der Waals surface area contributed by atoms with Crippen LogP contribution in [-0.4, -0.2) is 37.1 Å². The lowest BCUT2D eigenvalue weighted by atomic mass is 10.2. The van der Waals surface area contributed by atoms with Crippen LogP contribution < -0.4 is 11.3 Å². The highest BCUT2D eigenvalue weighted by atomic mass is 16.5. The second-order valence-electron chi connectivity index (χ2n) is 4.63. The number of hydrogen-bond donors (Lipinski definition) is 2. The SMILES string of the molecule is Cc1cc(CN(C)C2CCOC2)oc1C(=O)NN. The van der Waals surface area contributed by atoms with E-state index in [2.05, 4.69) is 10.3 Å². The number of aryl methyl sites for hydroxylation is 1. The Hall–Kier alpha value is -1.37. The van der Waals surface area contributed by atoms with E-state index in [0.29, 0.717) is 12.6 Å². The highest BCUT2D eigenvalue weighted by Gasteiger charge is 2.22. The van der Waals surface area contributed by atoms with Crippen molar-refractivity contribution in [2.24, 2.45) is 5.84 Å². The molecule has 0 aromatic carbocycles. The number of amides is 1. The third-order valence-corrected chi connectivity index (χ3v) is 3.24. The van der Waals surface area contributed by atoms with Gasteiger partial charge < -0.3 is 9.15 Å². The van der Waals surface area contributed by atoms with Gasteiger partial charge in [0.25, 0.3) is 0 Å². The van der Waals surface area contributed by atoms with Crippen molar-refractivity contribution in [1.29, 1.82) is 0 Å². The largest absolute Gasteiger partial charge is 0.454 e. The van der Waals surface area contributed by atoms with Crippen LogP contribution in [0, 0.1) is 6.92 Å². The molecular formula is C12H19N3O3. The monoisotopic (exact) mass is 253 g/mol. The van der Waals surface area contributed by atoms with Crippen LogP contribution in [0.25, 0.3) is 0 Å². The van der Waals surface area contributed by atoms with Gasteiger partial charge in [-0.15, -0.1) is 0 Å². The van der Waals surface area contributed by atoms with E-state index in [9.17, 15) is 4.79 Å². The number of nitrogens with zero attached hydrogens (tertiary/aromatic N) is 1. The molecule has 1 aromatic rings. The van der Waals surface area contributed by atoms with Crippen LogP contribution in [0.4, 0.5) is 0 Å². The molecule has 3 N–H and O–H groups in total. The predicted molar refractivity (Wildman–Crippen MR) is 65.8 cm³/mol. The van der Waals surface area contributed by atoms with E-state index in [1.165, 1.54) is 0 Å². The number of rotatable bonds is 4. The molecule has 1 aliphatic heterocycles. The van der Waals surface area contributed by atoms with E-state index in [-0.39, 0.29) is 5.76 Å². The highest BCUT2D eigenvalue weighted by molar-refractivity contribution is 5.92. The zero-order valence-corrected chi connectivity index (χ0v) is 10.7. The molecule has 6 nitrogen and oxygen atoms in total. The van der Waals surface area contributed by atoms with Gasteiger partial charge in [0, 0.05) is 18.2 Å². The average Bonchev–Trinajstić information content (AvgIpc) is 2.97. The summed E-state index contributed by atoms with van der Waals surface area (Å²) in [4.78, 5) is 13.6. The Balaban J connectivity index is 2.03. The maximum atomic E-state index is 11.4. The Labute approximate surface area is 106 Å². The van der Waals surface area contributed by atoms with Crippen molar-refractivity contribution in [2.75, 3.05) is 20.3 Å². The number of nitrogen functional groups attached to an aromatic ring is 1. The van der Waals surface area contributed by atoms with Gasteiger partial charge >= 0.3 is 5.91 Å². The molecule has 0 bridgehead atoms. The zero-order chi connectivity index (χ0) is 13.1. The van der Waals surface area contributed by atoms with Crippen molar-refractivity contribution in [3.8, 4) is 0 Å². The first-order chi connectivity index (χ1) is 8.61. The number of carbonyl (C=O) groups is 1. The lowest BCUT2D eigenvalue weighted by Gasteiger charge is -2.21. The van der Waals surface area contributed by atoms with E-state index in [1.807, 2.05) is 20.0 Å². The molecule has 1 aliphatic rings. The summed E-state index contributed by atoms with van der Waals surface area (Å²) in [6, 6.07) is 2.29. The first-order valence-electron chi connectivity index (χ1n) is 6.00. The van der Waals surface area contributed by atoms with Crippen LogP contribution >= 0.6 is 0 Å². The van der Waals surface area contributed by atoms with Gasteiger partial charge in [-0.25, -0.2) is 5.84 Å². The fourth-order valence-electron chi connectivity index (χ4n) is 2.16. The van der Waals surface area contributed by atoms with Crippen molar-refractivity contribution in [3.05, 3.63) is 23.2 Å². The summed E-state index contributed by atoms with van der Waals surface area (Å²) in [7, 11) is 2.03. The molecule has 6 heteroatoms. The molecule has 1 atom stereocenters. The van der Waals surface area contributed by atoms with Crippen LogP contribution in [0.1, 0.15) is 28.3 Å². The Morgan fingerprint density at radius 1 is 1.67 bits per heavy atom. The van der Waals surface area contributed by atoms with E-state index in [4.69, 9.17) is 15.0 Å². The van der Waals surface area contributed by atoms with Gasteiger partial charge in [-0.2, -0.15) is 0 Å². The standard InChI is InChI=1S/C12H19N3O3/c1-8-5-10(18-11(8)12(16)14-13)6-15(2)9-3-4-17-7-9/h5,9H,3-4,6-7,13H2,1-2H3,(H,14,16). The number of nitrogens with two attached hydrogens (primary N) is 1. The number of likely N-dealkylation sites (N-methyl/N-ethyl adjacent to an activating group) is 1. The minimum absolute atomic E-state index is 0.281. The predicted octanol–water partition coefficient (Wildman–Crippen LogP) is 0.412. The molecule has 1 fully saturated rings. The summed E-state index contributed by atoms with van der Waals surface area (Å²) in [5.74, 6) is 5.74. The third-order valence-electron chi connectivity index (χ3n) is 3.24. The lowest BCUT2D eigenvalue weighted by Crippen LogP contribution is -2.31. The maximum absolute atomic E-state index is 11.4. The molecule has 1 saturated heterocycles. The molecule has 18 heavy (non-hydrogen) atoms. The Morgan fingerprint density at radius 3 is 3.06 bits per heavy atom. The summed E-state index contributed by atoms with van der Waals surface area (Å²) >= 11 is 0. The Bertz CT molecular complexity index is 424. The number of ether oxygens (including phenoxy) is 1. The highest BCUT2D eigenvalue weighted by Crippen LogP contribution is 2.18. The molecule has 0 spiro atoms. The van der Waals surface area contributed by atoms with Crippen molar-refractivity contribution in [3.63, 3.8) is 0 Å². The molecule has 0 saturated carbocycles. The summed E-state index contributed by atoms with van der Waals surface area (Å²) < 4.78 is 10.9. The third kappa shape index (κ3) is 2.72. The molecular weight excluding hydrogens is 234 g/mol. The molecule has 1 unspecified atom stereocenters. The van der Waals surface area contributed by atoms with Crippen molar-refractivity contribution >= 4 is 5.91 Å². The quantitative estimate of drug-likeness (QED) is 0.461. The van der Waals surface area contributed by atoms with Crippen molar-refractivity contribution in [1.82, 2.24) is 10.3 Å². The lowest BCUT2D eigenvalue weighted by molar-refractivity contribution is 0.0920. The van der Waals surface area contributed by atoms with Crippen LogP contribution in [-0.2, 0) is 11.3 Å². The van der Waals surface area contributed by atoms with Gasteiger partial charge in [-0.3, -0.25) is 15.1 Å². The Kier molecular flexibility index (Phi) is 4.00. The molecule has 2 heterocycles. The van der Waals surface area contributed by atoms with Crippen LogP contribution in [0.5, 0.6) is 0 Å². The molecule has 2 rings (SSSR count). The smallest absolute Gasteiger partial charge is 0.301 e. The molecule has 0 aliphatic carbocycles. The first kappa shape index (κ1) is 13.1. The number of carbonyl (C=O) groups excluding carboxylic acids is 1. The first-order valence-corrected chi connectivity index (χ1v) is 6.00. The van der Waals surface area contributed by atoms with Crippen LogP contribution in [0.15, 0.2) is 10.5 Å². The van der Waals surface area contributed by atoms with Crippen molar-refractivity contribution in [2.45, 2.75) is 25.9 Å². The number of furan rings is 1. The summed E-state index contributed by atoms with van der Waals surface area (Å²) in [5.41, 5.74) is 2.87. The summed E-state index contributed by atoms with van der Waals surface area (Å²) in [5, 5.41) is 0. The topological polar surface area (TPSA) is 80.7 Å². The fourth-order valence-corrected chi connectivity index (χ4v) is 2.16. The minimum atomic E-state index is -0.398. The number of nitrogens with one attached hydrogen (secondary N) is 1. The Morgan fingerprint density at radius 2 is 2.44 bits per heavy atom. The van der Waals surface area contributed by atoms with Gasteiger partial charge in [0.2, 0.25) is 0 Å². The number of hydrogen-bond acceptors (Lipinski definition) is 5. The van der Waals surface area contributed by atoms with Crippen LogP contribution in [0.2, 0.25) is 0 Å². The van der Waals surface area contributed by atoms with Gasteiger partial charge in [0.05, 0.1) is 13.2 Å². The maximum Gasteiger partial charge on any atom is 0.301 e. The second kappa shape index (κ2) is 5.51. The van der Waals surface area contributed by atoms with E-state index < -0.39 is 5.91 Å². The van der Waals surface area contributed by atoms with E-state index in [1.54, 1.807) is 0 Å². The van der Waals surface area contributed by atoms with E-state index in [0.717, 1.165) is 31.0 Å². The minimum Gasteiger partial charge on any atom is -0.454 e. The number of hydrazine groups is 1. The summed E-state index contributed by atoms with van der Waals surface area (Å²) in [6.45, 7) is 4.06. The fraction of sp³-hybridized carbons (Fsp3) is 0.583.